The van der Waals surface area contributed by atoms with Gasteiger partial charge in [0.05, 0.1) is 11.8 Å². The number of carbonyl (C=O) groups is 1. The Balaban J connectivity index is 1.39. The number of aromatic amines is 1. The number of aryl methyl sites for hydroxylation is 1. The maximum atomic E-state index is 14.0. The summed E-state index contributed by atoms with van der Waals surface area (Å²) in [4.78, 5) is 22.8. The van der Waals surface area contributed by atoms with Crippen molar-refractivity contribution in [2.24, 2.45) is 0 Å². The molecule has 7 nitrogen and oxygen atoms in total. The van der Waals surface area contributed by atoms with E-state index in [1.54, 1.807) is 13.8 Å². The van der Waals surface area contributed by atoms with E-state index in [0.29, 0.717) is 13.0 Å². The maximum Gasteiger partial charge on any atom is 0.433 e. The minimum absolute atomic E-state index is 0.133. The van der Waals surface area contributed by atoms with Crippen LogP contribution in [0.25, 0.3) is 22.2 Å². The number of hydrogen-bond acceptors (Lipinski definition) is 4. The molecule has 1 aromatic carbocycles. The number of halogens is 3. The van der Waals surface area contributed by atoms with Crippen LogP contribution in [0.5, 0.6) is 0 Å². The van der Waals surface area contributed by atoms with Crippen LogP contribution >= 0.6 is 0 Å². The third kappa shape index (κ3) is 4.50. The molecule has 4 aromatic rings. The highest BCUT2D eigenvalue weighted by molar-refractivity contribution is 5.95. The number of nitrogens with one attached hydrogen (secondary N) is 2. The lowest BCUT2D eigenvalue weighted by Gasteiger charge is -2.32. The molecule has 1 atom stereocenters. The average molecular weight is 537 g/mol. The molecule has 1 saturated heterocycles. The van der Waals surface area contributed by atoms with Gasteiger partial charge in [-0.15, -0.1) is 0 Å². The van der Waals surface area contributed by atoms with Gasteiger partial charge in [-0.3, -0.25) is 9.48 Å². The molecule has 10 heteroatoms. The van der Waals surface area contributed by atoms with Crippen LogP contribution in [-0.4, -0.2) is 43.6 Å². The summed E-state index contributed by atoms with van der Waals surface area (Å²) in [6.07, 6.45) is 2.78. The summed E-state index contributed by atoms with van der Waals surface area (Å²) in [5.41, 5.74) is 5.93. The van der Waals surface area contributed by atoms with Crippen molar-refractivity contribution in [3.05, 3.63) is 70.3 Å². The predicted molar refractivity (Wildman–Crippen MR) is 142 cm³/mol. The van der Waals surface area contributed by atoms with E-state index in [1.807, 2.05) is 19.3 Å². The first-order chi connectivity index (χ1) is 18.6. The lowest BCUT2D eigenvalue weighted by atomic mass is 9.87. The first kappa shape index (κ1) is 25.6. The fourth-order valence-electron chi connectivity index (χ4n) is 5.95. The van der Waals surface area contributed by atoms with Crippen LogP contribution in [0.4, 0.5) is 13.2 Å². The van der Waals surface area contributed by atoms with Crippen LogP contribution in [0.1, 0.15) is 77.1 Å². The normalized spacial score (nSPS) is 17.8. The van der Waals surface area contributed by atoms with Gasteiger partial charge in [-0.25, -0.2) is 4.98 Å². The van der Waals surface area contributed by atoms with Crippen molar-refractivity contribution in [2.45, 2.75) is 64.8 Å². The highest BCUT2D eigenvalue weighted by Gasteiger charge is 2.42. The second-order valence-corrected chi connectivity index (χ2v) is 10.9. The molecule has 3 aromatic heterocycles. The first-order valence-electron chi connectivity index (χ1n) is 13.4. The Labute approximate surface area is 224 Å². The summed E-state index contributed by atoms with van der Waals surface area (Å²) in [5, 5.41) is 8.57. The van der Waals surface area contributed by atoms with E-state index in [4.69, 9.17) is 0 Å². The lowest BCUT2D eigenvalue weighted by molar-refractivity contribution is -0.145. The molecular weight excluding hydrogens is 505 g/mol. The molecule has 0 radical (unpaired) electrons. The summed E-state index contributed by atoms with van der Waals surface area (Å²) in [5.74, 6) is -0.633. The highest BCUT2D eigenvalue weighted by atomic mass is 19.4. The molecular formula is C29H31F3N6O. The van der Waals surface area contributed by atoms with Crippen LogP contribution in [0.2, 0.25) is 0 Å². The zero-order valence-electron chi connectivity index (χ0n) is 22.2. The quantitative estimate of drug-likeness (QED) is 0.338. The van der Waals surface area contributed by atoms with Crippen molar-refractivity contribution in [1.82, 2.24) is 30.0 Å². The number of amides is 1. The largest absolute Gasteiger partial charge is 0.433 e. The number of nitrogens with zero attached hydrogens (tertiary/aromatic N) is 4. The van der Waals surface area contributed by atoms with Crippen molar-refractivity contribution >= 4 is 16.9 Å². The molecule has 1 amide bonds. The number of fused-ring (bicyclic) bond motifs is 2. The Morgan fingerprint density at radius 2 is 1.97 bits per heavy atom. The molecule has 5 heterocycles. The average Bonchev–Trinajstić information content (AvgIpc) is 3.67. The lowest BCUT2D eigenvalue weighted by Crippen LogP contribution is -2.38. The molecule has 1 fully saturated rings. The van der Waals surface area contributed by atoms with E-state index in [-0.39, 0.29) is 12.6 Å². The van der Waals surface area contributed by atoms with Crippen molar-refractivity contribution < 1.29 is 18.0 Å². The minimum atomic E-state index is -4.68. The molecule has 0 saturated carbocycles. The minimum Gasteiger partial charge on any atom is -0.346 e. The molecule has 2 aliphatic heterocycles. The van der Waals surface area contributed by atoms with Crippen LogP contribution in [-0.2, 0) is 19.1 Å². The Kier molecular flexibility index (Phi) is 6.25. The van der Waals surface area contributed by atoms with Gasteiger partial charge in [-0.2, -0.15) is 18.3 Å². The summed E-state index contributed by atoms with van der Waals surface area (Å²) >= 11 is 0. The molecule has 2 N–H and O–H groups in total. The summed E-state index contributed by atoms with van der Waals surface area (Å²) in [6.45, 7) is 6.80. The second-order valence-electron chi connectivity index (χ2n) is 10.9. The molecule has 0 bridgehead atoms. The van der Waals surface area contributed by atoms with Gasteiger partial charge in [-0.05, 0) is 86.5 Å². The zero-order valence-corrected chi connectivity index (χ0v) is 22.2. The number of benzene rings is 1. The topological polar surface area (TPSA) is 78.8 Å². The number of H-pyrrole nitrogens is 1. The third-order valence-corrected chi connectivity index (χ3v) is 7.95. The summed E-state index contributed by atoms with van der Waals surface area (Å²) < 4.78 is 42.9. The van der Waals surface area contributed by atoms with Crippen LogP contribution in [0.15, 0.2) is 36.8 Å². The number of alkyl halides is 3. The van der Waals surface area contributed by atoms with E-state index < -0.39 is 29.4 Å². The SMILES string of the molecule is Cc1c[nH]c2ncc(-c3cc4c(c(C5CCCN5)c3)CN(C(=O)c3cnn(C(C)C)c3C(F)(F)F)CC4)cc12. The summed E-state index contributed by atoms with van der Waals surface area (Å²) in [6, 6.07) is 6.07. The number of hydrogen-bond donors (Lipinski definition) is 2. The molecule has 1 unspecified atom stereocenters. The van der Waals surface area contributed by atoms with E-state index in [1.165, 1.54) is 4.90 Å². The molecule has 6 rings (SSSR count). The fourth-order valence-corrected chi connectivity index (χ4v) is 5.95. The van der Waals surface area contributed by atoms with Crippen LogP contribution in [0, 0.1) is 6.92 Å². The van der Waals surface area contributed by atoms with Crippen LogP contribution < -0.4 is 5.32 Å². The Hall–Kier alpha value is -3.66. The third-order valence-electron chi connectivity index (χ3n) is 7.95. The van der Waals surface area contributed by atoms with Crippen molar-refractivity contribution in [3.8, 4) is 11.1 Å². The van der Waals surface area contributed by atoms with Gasteiger partial charge in [-0.1, -0.05) is 6.07 Å². The monoisotopic (exact) mass is 536 g/mol. The van der Waals surface area contributed by atoms with Gasteiger partial charge in [0.15, 0.2) is 5.69 Å². The number of pyridine rings is 1. The number of rotatable bonds is 4. The Bertz CT molecular complexity index is 1560. The molecule has 0 spiro atoms. The van der Waals surface area contributed by atoms with E-state index >= 15 is 0 Å². The van der Waals surface area contributed by atoms with E-state index in [0.717, 1.165) is 74.7 Å². The van der Waals surface area contributed by atoms with Gasteiger partial charge in [0.2, 0.25) is 0 Å². The molecule has 2 aliphatic rings. The Morgan fingerprint density at radius 1 is 1.15 bits per heavy atom. The van der Waals surface area contributed by atoms with Gasteiger partial charge in [0.25, 0.3) is 5.91 Å². The van der Waals surface area contributed by atoms with Gasteiger partial charge in [0.1, 0.15) is 5.65 Å². The molecule has 0 aliphatic carbocycles. The van der Waals surface area contributed by atoms with Crippen molar-refractivity contribution in [3.63, 3.8) is 0 Å². The van der Waals surface area contributed by atoms with Gasteiger partial charge in [0, 0.05) is 48.5 Å². The summed E-state index contributed by atoms with van der Waals surface area (Å²) in [7, 11) is 0. The smallest absolute Gasteiger partial charge is 0.346 e. The van der Waals surface area contributed by atoms with Gasteiger partial charge < -0.3 is 15.2 Å². The maximum absolute atomic E-state index is 14.0. The van der Waals surface area contributed by atoms with E-state index in [9.17, 15) is 18.0 Å². The number of carbonyl (C=O) groups excluding carboxylic acids is 1. The van der Waals surface area contributed by atoms with Crippen molar-refractivity contribution in [2.75, 3.05) is 13.1 Å². The highest BCUT2D eigenvalue weighted by Crippen LogP contribution is 2.38. The Morgan fingerprint density at radius 3 is 2.69 bits per heavy atom. The van der Waals surface area contributed by atoms with Gasteiger partial charge >= 0.3 is 6.18 Å². The fraction of sp³-hybridized carbons (Fsp3) is 0.414. The van der Waals surface area contributed by atoms with E-state index in [2.05, 4.69) is 38.6 Å². The second kappa shape index (κ2) is 9.51. The predicted octanol–water partition coefficient (Wildman–Crippen LogP) is 5.96. The standard InChI is InChI=1S/C29H31F3N6O/c1-16(2)38-26(29(30,31)32)23(14-36-38)28(39)37-8-6-18-9-19(10-22(24(18)15-37)25-5-4-7-33-25)20-11-21-17(3)12-34-27(21)35-13-20/h9-14,16,25,33H,4-8,15H2,1-3H3,(H,34,35). The first-order valence-corrected chi connectivity index (χ1v) is 13.4. The zero-order chi connectivity index (χ0) is 27.5. The molecule has 39 heavy (non-hydrogen) atoms. The van der Waals surface area contributed by atoms with Crippen LogP contribution in [0.3, 0.4) is 0 Å². The van der Waals surface area contributed by atoms with Crippen molar-refractivity contribution in [1.29, 1.82) is 0 Å². The molecule has 204 valence electrons. The number of aromatic nitrogens is 4.